The first-order valence-electron chi connectivity index (χ1n) is 24.3. The van der Waals surface area contributed by atoms with Gasteiger partial charge in [0, 0.05) is 23.0 Å². The molecule has 2 heterocycles. The van der Waals surface area contributed by atoms with Gasteiger partial charge in [-0.1, -0.05) is 160 Å². The second-order valence-corrected chi connectivity index (χ2v) is 38.8. The van der Waals surface area contributed by atoms with Crippen molar-refractivity contribution in [1.29, 1.82) is 0 Å². The van der Waals surface area contributed by atoms with Gasteiger partial charge in [-0.15, -0.1) is 11.8 Å². The highest BCUT2D eigenvalue weighted by Gasteiger charge is 2.41. The monoisotopic (exact) mass is 949 g/mol. The summed E-state index contributed by atoms with van der Waals surface area (Å²) in [5.41, 5.74) is 2.63. The Bertz CT molecular complexity index is 1770. The zero-order valence-corrected chi connectivity index (χ0v) is 47.5. The Hall–Kier alpha value is -1.72. The normalized spacial score (nSPS) is 21.3. The van der Waals surface area contributed by atoms with Crippen LogP contribution in [0.4, 0.5) is 0 Å². The molecule has 0 amide bonds. The van der Waals surface area contributed by atoms with E-state index in [1.165, 1.54) is 16.0 Å². The fraction of sp³-hybridized carbons (Fsp3) is 0.673. The Kier molecular flexibility index (Phi) is 22.2. The summed E-state index contributed by atoms with van der Waals surface area (Å²) in [5.74, 6) is 8.24. The molecule has 7 atom stereocenters. The number of hydrogen-bond acceptors (Lipinski definition) is 6. The van der Waals surface area contributed by atoms with Crippen LogP contribution < -0.4 is 0 Å². The molecule has 1 aromatic rings. The van der Waals surface area contributed by atoms with E-state index in [2.05, 4.69) is 207 Å². The van der Waals surface area contributed by atoms with Crippen LogP contribution in [0.5, 0.6) is 0 Å². The molecule has 9 heteroatoms. The summed E-state index contributed by atoms with van der Waals surface area (Å²) in [6.07, 6.45) is 22.5. The summed E-state index contributed by atoms with van der Waals surface area (Å²) >= 11 is 1.93. The first-order chi connectivity index (χ1) is 29.6. The largest absolute Gasteiger partial charge is 0.410 e. The van der Waals surface area contributed by atoms with E-state index < -0.39 is 25.0 Å². The fourth-order valence-corrected chi connectivity index (χ4v) is 11.6. The number of allylic oxidation sites excluding steroid dienone is 1. The lowest BCUT2D eigenvalue weighted by atomic mass is 9.91. The molecular weight excluding hydrogens is 857 g/mol. The van der Waals surface area contributed by atoms with E-state index in [9.17, 15) is 0 Å². The van der Waals surface area contributed by atoms with Crippen molar-refractivity contribution in [2.24, 2.45) is 11.8 Å². The van der Waals surface area contributed by atoms with Crippen molar-refractivity contribution < 1.29 is 22.8 Å². The van der Waals surface area contributed by atoms with Crippen LogP contribution in [0.1, 0.15) is 121 Å². The second kappa shape index (κ2) is 25.1. The highest BCUT2D eigenvalue weighted by molar-refractivity contribution is 7.99. The predicted octanol–water partition coefficient (Wildman–Crippen LogP) is 15.9. The smallest absolute Gasteiger partial charge is 0.193 e. The lowest BCUT2D eigenvalue weighted by Gasteiger charge is -2.41. The number of thioether (sulfide) groups is 1. The van der Waals surface area contributed by atoms with Gasteiger partial charge in [0.15, 0.2) is 25.0 Å². The van der Waals surface area contributed by atoms with Crippen LogP contribution in [-0.2, 0) is 22.8 Å². The standard InChI is InChI=1S/C55H92O5SSi3/c1-43-35-37-56-48(39-43)33-34-52(60-64(17,18)55(10,11)12)46(42-61-51-31-20-19-21-32-51)26-24-30-50(59-63(15,16)54(7,8)9)41-45(3)38-44(2)40-49-29-25-28-47(58-49)27-22-23-36-57-62(13,14)53(4,5)6/h19-21,24-25,28,30-35,44,46-50,52H,3,26-27,29,36-42H2,1-2,4-18H3/t44-,46+,47+,48+,49-,50?,52-/m0/s1. The average Bonchev–Trinajstić information content (AvgIpc) is 3.16. The van der Waals surface area contributed by atoms with Gasteiger partial charge in [0.2, 0.25) is 0 Å². The zero-order valence-electron chi connectivity index (χ0n) is 43.7. The summed E-state index contributed by atoms with van der Waals surface area (Å²) in [4.78, 5) is 1.29. The first kappa shape index (κ1) is 56.6. The van der Waals surface area contributed by atoms with E-state index in [-0.39, 0.29) is 51.6 Å². The molecule has 0 bridgehead atoms. The highest BCUT2D eigenvalue weighted by atomic mass is 32.2. The SMILES string of the molecule is C=C(CC(C=CC[C@H](CSc1ccccc1)[C@H](C=C[C@@H]1CC(C)=CCO1)O[Si](C)(C)C(C)(C)C)O[Si](C)(C)C(C)(C)C)C[C@H](C)C[C@@H]1CC=C[C@@H](CC#CCO[Si](C)(C)C(C)(C)C)O1. The number of ether oxygens (including phenoxy) is 2. The maximum atomic E-state index is 7.35. The summed E-state index contributed by atoms with van der Waals surface area (Å²) < 4.78 is 33.6. The molecule has 2 aliphatic heterocycles. The maximum absolute atomic E-state index is 7.35. The molecule has 360 valence electrons. The van der Waals surface area contributed by atoms with E-state index in [1.807, 2.05) is 11.8 Å². The molecule has 0 spiro atoms. The molecule has 0 saturated carbocycles. The van der Waals surface area contributed by atoms with Gasteiger partial charge in [0.1, 0.15) is 0 Å². The molecule has 0 saturated heterocycles. The van der Waals surface area contributed by atoms with Gasteiger partial charge in [-0.2, -0.15) is 0 Å². The van der Waals surface area contributed by atoms with Crippen LogP contribution in [-0.4, -0.2) is 74.4 Å². The lowest BCUT2D eigenvalue weighted by Crippen LogP contribution is -2.45. The third-order valence-corrected chi connectivity index (χ3v) is 29.0. The third-order valence-electron chi connectivity index (χ3n) is 14.4. The molecule has 5 nitrogen and oxygen atoms in total. The molecule has 0 aromatic heterocycles. The van der Waals surface area contributed by atoms with E-state index >= 15 is 0 Å². The minimum atomic E-state index is -2.12. The van der Waals surface area contributed by atoms with Crippen molar-refractivity contribution in [3.63, 3.8) is 0 Å². The Labute approximate surface area is 401 Å². The molecule has 3 rings (SSSR count). The maximum Gasteiger partial charge on any atom is 0.193 e. The van der Waals surface area contributed by atoms with Crippen molar-refractivity contribution in [1.82, 2.24) is 0 Å². The lowest BCUT2D eigenvalue weighted by molar-refractivity contribution is -0.00335. The van der Waals surface area contributed by atoms with Gasteiger partial charge in [-0.25, -0.2) is 0 Å². The van der Waals surface area contributed by atoms with Gasteiger partial charge >= 0.3 is 0 Å². The third kappa shape index (κ3) is 19.5. The topological polar surface area (TPSA) is 46.2 Å². The van der Waals surface area contributed by atoms with E-state index in [0.717, 1.165) is 44.3 Å². The molecule has 1 aromatic carbocycles. The van der Waals surface area contributed by atoms with Crippen LogP contribution in [0, 0.1) is 23.7 Å². The summed E-state index contributed by atoms with van der Waals surface area (Å²) in [5, 5.41) is 0.363. The minimum Gasteiger partial charge on any atom is -0.410 e. The van der Waals surface area contributed by atoms with Crippen LogP contribution in [0.25, 0.3) is 0 Å². The van der Waals surface area contributed by atoms with Gasteiger partial charge in [0.25, 0.3) is 0 Å². The second-order valence-electron chi connectivity index (χ2n) is 23.4. The van der Waals surface area contributed by atoms with Crippen LogP contribution in [0.15, 0.2) is 95.5 Å². The summed E-state index contributed by atoms with van der Waals surface area (Å²) in [6.45, 7) is 45.2. The Morgan fingerprint density at radius 3 is 2.14 bits per heavy atom. The van der Waals surface area contributed by atoms with Crippen molar-refractivity contribution in [3.8, 4) is 11.8 Å². The van der Waals surface area contributed by atoms with Gasteiger partial charge in [-0.3, -0.25) is 0 Å². The number of benzene rings is 1. The van der Waals surface area contributed by atoms with Crippen molar-refractivity contribution in [2.75, 3.05) is 19.0 Å². The predicted molar refractivity (Wildman–Crippen MR) is 286 cm³/mol. The first-order valence-corrected chi connectivity index (χ1v) is 34.0. The van der Waals surface area contributed by atoms with Gasteiger partial charge < -0.3 is 22.8 Å². The molecule has 0 aliphatic carbocycles. The van der Waals surface area contributed by atoms with Crippen LogP contribution in [0.2, 0.25) is 54.4 Å². The molecule has 64 heavy (non-hydrogen) atoms. The molecule has 0 N–H and O–H groups in total. The van der Waals surface area contributed by atoms with Crippen molar-refractivity contribution >= 4 is 36.7 Å². The Morgan fingerprint density at radius 1 is 0.875 bits per heavy atom. The molecule has 0 radical (unpaired) electrons. The zero-order chi connectivity index (χ0) is 48.0. The number of hydrogen-bond donors (Lipinski definition) is 0. The van der Waals surface area contributed by atoms with E-state index in [4.69, 9.17) is 22.8 Å². The number of rotatable bonds is 22. The quantitative estimate of drug-likeness (QED) is 0.0499. The van der Waals surface area contributed by atoms with E-state index in [1.54, 1.807) is 0 Å². The van der Waals surface area contributed by atoms with Crippen molar-refractivity contribution in [3.05, 3.63) is 90.6 Å². The molecular formula is C55H92O5SSi3. The molecule has 2 aliphatic rings. The summed E-state index contributed by atoms with van der Waals surface area (Å²) in [6, 6.07) is 10.8. The Balaban J connectivity index is 1.77. The molecule has 1 unspecified atom stereocenters. The fourth-order valence-electron chi connectivity index (χ4n) is 7.11. The minimum absolute atomic E-state index is 0.0289. The average molecular weight is 950 g/mol. The van der Waals surface area contributed by atoms with Gasteiger partial charge in [-0.05, 0) is 118 Å². The van der Waals surface area contributed by atoms with E-state index in [0.29, 0.717) is 25.6 Å². The summed E-state index contributed by atoms with van der Waals surface area (Å²) in [7, 11) is -6.01. The van der Waals surface area contributed by atoms with Crippen LogP contribution in [0.3, 0.4) is 0 Å². The Morgan fingerprint density at radius 2 is 1.52 bits per heavy atom. The molecule has 0 fully saturated rings. The highest BCUT2D eigenvalue weighted by Crippen LogP contribution is 2.41. The van der Waals surface area contributed by atoms with Crippen LogP contribution >= 0.6 is 11.8 Å². The van der Waals surface area contributed by atoms with Gasteiger partial charge in [0.05, 0.1) is 43.7 Å². The van der Waals surface area contributed by atoms with Crippen molar-refractivity contribution in [2.45, 2.75) is 211 Å².